The largest absolute Gasteiger partial charge is 0.153 e. The summed E-state index contributed by atoms with van der Waals surface area (Å²) in [5.74, 6) is 0. The molecule has 0 saturated heterocycles. The van der Waals surface area contributed by atoms with E-state index in [1.165, 1.54) is 32.0 Å². The summed E-state index contributed by atoms with van der Waals surface area (Å²) in [6.07, 6.45) is 0. The summed E-state index contributed by atoms with van der Waals surface area (Å²) in [7, 11) is 0. The van der Waals surface area contributed by atoms with Crippen LogP contribution in [0.4, 0.5) is 0 Å². The Kier molecular flexibility index (Phi) is 5.14. The molecule has 0 radical (unpaired) electrons. The normalized spacial score (nSPS) is 11.4. The van der Waals surface area contributed by atoms with E-state index < -0.39 is 0 Å². The third kappa shape index (κ3) is 4.43. The Morgan fingerprint density at radius 3 is 1.78 bits per heavy atom. The van der Waals surface area contributed by atoms with E-state index in [0.717, 1.165) is 0 Å². The third-order valence-corrected chi connectivity index (χ3v) is 6.09. The van der Waals surface area contributed by atoms with Crippen LogP contribution in [0.5, 0.6) is 0 Å². The maximum Gasteiger partial charge on any atom is 0.153 e. The number of benzene rings is 3. The van der Waals surface area contributed by atoms with Crippen molar-refractivity contribution in [3.8, 4) is 0 Å². The van der Waals surface area contributed by atoms with Crippen molar-refractivity contribution >= 4 is 23.5 Å². The van der Waals surface area contributed by atoms with Gasteiger partial charge in [-0.25, -0.2) is 0 Å². The van der Waals surface area contributed by atoms with E-state index in [-0.39, 0.29) is 4.75 Å². The fourth-order valence-electron chi connectivity index (χ4n) is 2.45. The molecule has 0 aliphatic heterocycles. The zero-order valence-corrected chi connectivity index (χ0v) is 15.1. The van der Waals surface area contributed by atoms with Gasteiger partial charge in [-0.3, -0.25) is 0 Å². The van der Waals surface area contributed by atoms with Crippen molar-refractivity contribution in [1.29, 1.82) is 0 Å². The molecule has 0 aromatic heterocycles. The van der Waals surface area contributed by atoms with Crippen molar-refractivity contribution in [2.45, 2.75) is 33.3 Å². The minimum Gasteiger partial charge on any atom is -0.0901 e. The number of rotatable bonds is 5. The molecule has 0 N–H and O–H groups in total. The fourth-order valence-corrected chi connectivity index (χ4v) is 4.51. The zero-order chi connectivity index (χ0) is 16.1. The lowest BCUT2D eigenvalue weighted by atomic mass is 10.0. The molecule has 3 aromatic carbocycles. The van der Waals surface area contributed by atoms with Crippen LogP contribution in [-0.4, -0.2) is 0 Å². The van der Waals surface area contributed by atoms with Gasteiger partial charge < -0.3 is 0 Å². The standard InChI is InChI=1S/C21H20S2/c1-21(2,17-9-5-3-6-10-17)23-20-15-13-19(14-16-20)22-18-11-7-4-8-12-18/h3-16H,1-2H3/p+1. The van der Waals surface area contributed by atoms with Gasteiger partial charge in [0.05, 0.1) is 0 Å². The highest BCUT2D eigenvalue weighted by Gasteiger charge is 2.29. The Morgan fingerprint density at radius 2 is 1.17 bits per heavy atom. The summed E-state index contributed by atoms with van der Waals surface area (Å²) in [5, 5.41) is 0. The Labute approximate surface area is 147 Å². The number of hydrogen-bond donors (Lipinski definition) is 0. The number of hydrogen-bond acceptors (Lipinski definition) is 1. The monoisotopic (exact) mass is 337 g/mol. The molecule has 3 rings (SSSR count). The van der Waals surface area contributed by atoms with Crippen LogP contribution in [0.3, 0.4) is 0 Å². The molecule has 0 atom stereocenters. The lowest BCUT2D eigenvalue weighted by molar-refractivity contribution is 0.778. The Morgan fingerprint density at radius 1 is 0.652 bits per heavy atom. The van der Waals surface area contributed by atoms with Crippen molar-refractivity contribution in [2.24, 2.45) is 0 Å². The van der Waals surface area contributed by atoms with E-state index >= 15 is 0 Å². The van der Waals surface area contributed by atoms with Crippen LogP contribution in [0, 0.1) is 0 Å². The lowest BCUT2D eigenvalue weighted by Gasteiger charge is -2.17. The quantitative estimate of drug-likeness (QED) is 0.410. The van der Waals surface area contributed by atoms with Crippen molar-refractivity contribution in [3.05, 3.63) is 90.5 Å². The van der Waals surface area contributed by atoms with Gasteiger partial charge in [-0.1, -0.05) is 60.3 Å². The van der Waals surface area contributed by atoms with E-state index in [1.54, 1.807) is 0 Å². The van der Waals surface area contributed by atoms with E-state index in [2.05, 4.69) is 98.8 Å². The topological polar surface area (TPSA) is 0 Å². The van der Waals surface area contributed by atoms with Crippen LogP contribution in [0.1, 0.15) is 19.4 Å². The molecule has 0 spiro atoms. The maximum absolute atomic E-state index is 2.30. The molecular weight excluding hydrogens is 316 g/mol. The summed E-state index contributed by atoms with van der Waals surface area (Å²) in [5.41, 5.74) is 1.38. The summed E-state index contributed by atoms with van der Waals surface area (Å²) >= 11 is 3.14. The van der Waals surface area contributed by atoms with Crippen molar-refractivity contribution in [3.63, 3.8) is 0 Å². The van der Waals surface area contributed by atoms with E-state index in [4.69, 9.17) is 0 Å². The summed E-state index contributed by atoms with van der Waals surface area (Å²) < 4.78 is 0.120. The predicted octanol–water partition coefficient (Wildman–Crippen LogP) is 5.95. The molecule has 3 aromatic rings. The molecule has 0 heterocycles. The highest BCUT2D eigenvalue weighted by atomic mass is 32.2. The Balaban J connectivity index is 1.70. The van der Waals surface area contributed by atoms with Crippen LogP contribution in [-0.2, 0) is 16.5 Å². The Hall–Kier alpha value is -1.64. The van der Waals surface area contributed by atoms with Gasteiger partial charge in [0, 0.05) is 27.1 Å². The van der Waals surface area contributed by atoms with E-state index in [0.29, 0.717) is 0 Å². The third-order valence-electron chi connectivity index (χ3n) is 3.70. The molecule has 0 aliphatic rings. The van der Waals surface area contributed by atoms with Gasteiger partial charge in [-0.15, -0.1) is 0 Å². The van der Waals surface area contributed by atoms with Crippen molar-refractivity contribution in [2.75, 3.05) is 0 Å². The molecule has 2 heteroatoms. The minimum atomic E-state index is 0.120. The highest BCUT2D eigenvalue weighted by Crippen LogP contribution is 2.31. The van der Waals surface area contributed by atoms with Crippen molar-refractivity contribution in [1.82, 2.24) is 0 Å². The van der Waals surface area contributed by atoms with Crippen LogP contribution in [0.25, 0.3) is 0 Å². The van der Waals surface area contributed by atoms with Crippen LogP contribution >= 0.6 is 11.8 Å². The lowest BCUT2D eigenvalue weighted by Crippen LogP contribution is -2.19. The average molecular weight is 338 g/mol. The molecule has 0 unspecified atom stereocenters. The molecule has 0 amide bonds. The fraction of sp³-hybridized carbons (Fsp3) is 0.143. The Bertz CT molecular complexity index is 732. The second kappa shape index (κ2) is 7.29. The second-order valence-electron chi connectivity index (χ2n) is 5.95. The summed E-state index contributed by atoms with van der Waals surface area (Å²) in [4.78, 5) is 3.92. The zero-order valence-electron chi connectivity index (χ0n) is 13.4. The SMILES string of the molecule is CC(C)([SH+]c1ccc(Sc2ccccc2)cc1)c1ccccc1. The van der Waals surface area contributed by atoms with Gasteiger partial charge in [0.15, 0.2) is 9.64 Å². The number of thiol groups is 1. The summed E-state index contributed by atoms with van der Waals surface area (Å²) in [6, 6.07) is 30.2. The first-order valence-electron chi connectivity index (χ1n) is 7.75. The van der Waals surface area contributed by atoms with Crippen LogP contribution in [0.15, 0.2) is 99.6 Å². The smallest absolute Gasteiger partial charge is 0.0901 e. The van der Waals surface area contributed by atoms with Gasteiger partial charge in [0.1, 0.15) is 0 Å². The molecule has 23 heavy (non-hydrogen) atoms. The minimum absolute atomic E-state index is 0.120. The second-order valence-corrected chi connectivity index (χ2v) is 8.95. The summed E-state index contributed by atoms with van der Waals surface area (Å²) in [6.45, 7) is 4.60. The molecule has 0 nitrogen and oxygen atoms in total. The average Bonchev–Trinajstić information content (AvgIpc) is 2.58. The highest BCUT2D eigenvalue weighted by molar-refractivity contribution is 7.99. The van der Waals surface area contributed by atoms with Crippen molar-refractivity contribution < 1.29 is 0 Å². The molecule has 0 bridgehead atoms. The van der Waals surface area contributed by atoms with Gasteiger partial charge in [-0.2, -0.15) is 0 Å². The first-order valence-corrected chi connectivity index (χ1v) is 9.46. The molecule has 0 saturated carbocycles. The van der Waals surface area contributed by atoms with Crippen LogP contribution < -0.4 is 0 Å². The molecule has 0 aliphatic carbocycles. The van der Waals surface area contributed by atoms with E-state index in [9.17, 15) is 0 Å². The van der Waals surface area contributed by atoms with Gasteiger partial charge >= 0.3 is 0 Å². The molecule has 0 fully saturated rings. The van der Waals surface area contributed by atoms with Gasteiger partial charge in [0.25, 0.3) is 0 Å². The van der Waals surface area contributed by atoms with Crippen LogP contribution in [0.2, 0.25) is 0 Å². The first-order chi connectivity index (χ1) is 11.1. The first kappa shape index (κ1) is 16.2. The molecule has 116 valence electrons. The van der Waals surface area contributed by atoms with Gasteiger partial charge in [0.2, 0.25) is 0 Å². The predicted molar refractivity (Wildman–Crippen MR) is 104 cm³/mol. The maximum atomic E-state index is 2.30. The molecular formula is C21H21S2+. The van der Waals surface area contributed by atoms with Gasteiger partial charge in [-0.05, 0) is 50.2 Å². The van der Waals surface area contributed by atoms with E-state index in [1.807, 2.05) is 11.8 Å².